The molecule has 0 bridgehead atoms. The summed E-state index contributed by atoms with van der Waals surface area (Å²) in [7, 11) is 3.89. The van der Waals surface area contributed by atoms with Crippen molar-refractivity contribution in [3.05, 3.63) is 98.1 Å². The average Bonchev–Trinajstić information content (AvgIpc) is 3.58. The number of thioether (sulfide) groups is 1. The Morgan fingerprint density at radius 3 is 2.31 bits per heavy atom. The first-order chi connectivity index (χ1) is 18.7. The van der Waals surface area contributed by atoms with E-state index in [0.717, 1.165) is 28.4 Å². The normalized spacial score (nSPS) is 17.5. The molecule has 12 nitrogen and oxygen atoms in total. The number of anilines is 2. The molecule has 13 heteroatoms. The van der Waals surface area contributed by atoms with Crippen LogP contribution in [0.4, 0.5) is 22.7 Å². The Hall–Kier alpha value is -4.78. The first-order valence-electron chi connectivity index (χ1n) is 12.0. The van der Waals surface area contributed by atoms with Crippen molar-refractivity contribution in [1.82, 2.24) is 14.8 Å². The number of fused-ring (bicyclic) bond motifs is 3. The molecular weight excluding hydrogens is 520 g/mol. The van der Waals surface area contributed by atoms with Gasteiger partial charge in [0, 0.05) is 31.4 Å². The van der Waals surface area contributed by atoms with Gasteiger partial charge in [-0.1, -0.05) is 53.7 Å². The minimum Gasteiger partial charge on any atom is -0.378 e. The SMILES string of the molecule is Cc1ccc(-c2nc3n(n2)C2=NN(c4ccc([N+](=O)[O-])cc4[N+](=O)[O-])[C@@H](c4ccc(N(C)C)cc4)[C@@H]2S3)cc1. The second-order valence-corrected chi connectivity index (χ2v) is 10.6. The van der Waals surface area contributed by atoms with Crippen molar-refractivity contribution in [3.63, 3.8) is 0 Å². The van der Waals surface area contributed by atoms with Gasteiger partial charge in [-0.3, -0.25) is 20.2 Å². The number of aromatic nitrogens is 3. The maximum Gasteiger partial charge on any atom is 0.301 e. The molecule has 2 atom stereocenters. The monoisotopic (exact) mass is 542 g/mol. The standard InChI is InChI=1S/C26H22N8O4S/c1-15-4-6-17(7-5-15)24-27-26-32(28-24)25-23(39-26)22(16-8-10-18(11-9-16)30(2)3)31(29-25)20-13-12-19(33(35)36)14-21(20)34(37)38/h4-14,22-23H,1-3H3/t22-,23-/m0/s1. The van der Waals surface area contributed by atoms with Gasteiger partial charge in [-0.2, -0.15) is 9.78 Å². The molecule has 196 valence electrons. The van der Waals surface area contributed by atoms with Gasteiger partial charge in [0.05, 0.1) is 22.0 Å². The van der Waals surface area contributed by atoms with Gasteiger partial charge in [0.1, 0.15) is 10.9 Å². The zero-order valence-corrected chi connectivity index (χ0v) is 21.9. The first kappa shape index (κ1) is 24.6. The molecule has 0 N–H and O–H groups in total. The van der Waals surface area contributed by atoms with Crippen LogP contribution in [0.2, 0.25) is 0 Å². The van der Waals surface area contributed by atoms with Gasteiger partial charge in [0.15, 0.2) is 16.8 Å². The molecule has 0 amide bonds. The fraction of sp³-hybridized carbons (Fsp3) is 0.192. The summed E-state index contributed by atoms with van der Waals surface area (Å²) < 4.78 is 1.68. The second kappa shape index (κ2) is 9.20. The van der Waals surface area contributed by atoms with E-state index in [4.69, 9.17) is 15.2 Å². The smallest absolute Gasteiger partial charge is 0.301 e. The molecule has 0 fully saturated rings. The molecule has 2 aliphatic rings. The Morgan fingerprint density at radius 1 is 0.949 bits per heavy atom. The van der Waals surface area contributed by atoms with Crippen molar-refractivity contribution < 1.29 is 9.85 Å². The Bertz CT molecular complexity index is 1650. The molecule has 1 aromatic heterocycles. The topological polar surface area (TPSA) is 136 Å². The minimum atomic E-state index is -0.650. The summed E-state index contributed by atoms with van der Waals surface area (Å²) in [5, 5.41) is 34.9. The summed E-state index contributed by atoms with van der Waals surface area (Å²) in [6.45, 7) is 2.01. The van der Waals surface area contributed by atoms with E-state index in [0.29, 0.717) is 16.8 Å². The summed E-state index contributed by atoms with van der Waals surface area (Å²) in [6.07, 6.45) is 0. The third-order valence-corrected chi connectivity index (χ3v) is 7.91. The third-order valence-electron chi connectivity index (χ3n) is 6.72. The lowest BCUT2D eigenvalue weighted by molar-refractivity contribution is -0.393. The van der Waals surface area contributed by atoms with Gasteiger partial charge in [-0.15, -0.1) is 5.10 Å². The van der Waals surface area contributed by atoms with Crippen molar-refractivity contribution in [3.8, 4) is 11.4 Å². The molecule has 3 aromatic carbocycles. The fourth-order valence-corrected chi connectivity index (χ4v) is 5.95. The van der Waals surface area contributed by atoms with Gasteiger partial charge in [0.2, 0.25) is 0 Å². The Labute approximate surface area is 226 Å². The summed E-state index contributed by atoms with van der Waals surface area (Å²) in [5.74, 6) is 1.15. The molecule has 3 heterocycles. The van der Waals surface area contributed by atoms with Crippen molar-refractivity contribution in [2.24, 2.45) is 5.10 Å². The summed E-state index contributed by atoms with van der Waals surface area (Å²) >= 11 is 1.49. The number of non-ortho nitro benzene ring substituents is 1. The number of nitro groups is 2. The first-order valence-corrected chi connectivity index (χ1v) is 12.9. The quantitative estimate of drug-likeness (QED) is 0.243. The van der Waals surface area contributed by atoms with Crippen LogP contribution in [-0.4, -0.2) is 49.8 Å². The van der Waals surface area contributed by atoms with E-state index < -0.39 is 21.6 Å². The van der Waals surface area contributed by atoms with E-state index in [-0.39, 0.29) is 16.6 Å². The van der Waals surface area contributed by atoms with Crippen LogP contribution in [0.15, 0.2) is 77.0 Å². The second-order valence-electron chi connectivity index (χ2n) is 9.46. The lowest BCUT2D eigenvalue weighted by Gasteiger charge is -2.27. The highest BCUT2D eigenvalue weighted by Crippen LogP contribution is 2.49. The average molecular weight is 543 g/mol. The number of hydrogen-bond donors (Lipinski definition) is 0. The highest BCUT2D eigenvalue weighted by atomic mass is 32.2. The number of hydrazone groups is 1. The van der Waals surface area contributed by atoms with Crippen LogP contribution in [0.5, 0.6) is 0 Å². The summed E-state index contributed by atoms with van der Waals surface area (Å²) in [6, 6.07) is 19.0. The lowest BCUT2D eigenvalue weighted by atomic mass is 10.0. The van der Waals surface area contributed by atoms with Crippen LogP contribution in [0.3, 0.4) is 0 Å². The van der Waals surface area contributed by atoms with Crippen molar-refractivity contribution in [2.45, 2.75) is 23.4 Å². The van der Waals surface area contributed by atoms with E-state index in [1.54, 1.807) is 9.69 Å². The molecule has 0 unspecified atom stereocenters. The molecule has 0 aliphatic carbocycles. The van der Waals surface area contributed by atoms with Gasteiger partial charge in [-0.05, 0) is 30.7 Å². The Kier molecular flexibility index (Phi) is 5.79. The zero-order chi connectivity index (χ0) is 27.4. The number of aryl methyl sites for hydroxylation is 1. The van der Waals surface area contributed by atoms with E-state index in [9.17, 15) is 20.2 Å². The zero-order valence-electron chi connectivity index (χ0n) is 21.1. The van der Waals surface area contributed by atoms with Crippen molar-refractivity contribution >= 4 is 40.3 Å². The van der Waals surface area contributed by atoms with Gasteiger partial charge in [0.25, 0.3) is 5.69 Å². The molecular formula is C26H22N8O4S. The Balaban J connectivity index is 1.47. The number of hydrogen-bond acceptors (Lipinski definition) is 10. The number of rotatable bonds is 6. The van der Waals surface area contributed by atoms with Crippen LogP contribution in [0.1, 0.15) is 17.2 Å². The van der Waals surface area contributed by atoms with E-state index >= 15 is 0 Å². The lowest BCUT2D eigenvalue weighted by Crippen LogP contribution is -2.27. The highest BCUT2D eigenvalue weighted by molar-refractivity contribution is 8.01. The molecule has 2 aliphatic heterocycles. The summed E-state index contributed by atoms with van der Waals surface area (Å²) in [5.41, 5.74) is 3.29. The molecule has 0 spiro atoms. The van der Waals surface area contributed by atoms with Gasteiger partial charge >= 0.3 is 5.69 Å². The van der Waals surface area contributed by atoms with Gasteiger partial charge in [-0.25, -0.2) is 9.99 Å². The van der Waals surface area contributed by atoms with Gasteiger partial charge < -0.3 is 4.90 Å². The molecule has 6 rings (SSSR count). The maximum absolute atomic E-state index is 12.0. The summed E-state index contributed by atoms with van der Waals surface area (Å²) in [4.78, 5) is 28.8. The van der Waals surface area contributed by atoms with Crippen LogP contribution < -0.4 is 9.91 Å². The Morgan fingerprint density at radius 2 is 1.67 bits per heavy atom. The van der Waals surface area contributed by atoms with Crippen LogP contribution in [0.25, 0.3) is 11.4 Å². The van der Waals surface area contributed by atoms with E-state index in [2.05, 4.69) is 0 Å². The number of nitro benzene ring substituents is 2. The highest BCUT2D eigenvalue weighted by Gasteiger charge is 2.48. The number of nitrogens with zero attached hydrogens (tertiary/aromatic N) is 8. The number of benzene rings is 3. The van der Waals surface area contributed by atoms with Crippen molar-refractivity contribution in [2.75, 3.05) is 24.0 Å². The van der Waals surface area contributed by atoms with Crippen LogP contribution in [0, 0.1) is 27.2 Å². The minimum absolute atomic E-state index is 0.162. The van der Waals surface area contributed by atoms with Crippen LogP contribution in [-0.2, 0) is 0 Å². The van der Waals surface area contributed by atoms with Crippen molar-refractivity contribution in [1.29, 1.82) is 0 Å². The predicted molar refractivity (Wildman–Crippen MR) is 148 cm³/mol. The van der Waals surface area contributed by atoms with E-state index in [1.807, 2.05) is 74.4 Å². The molecule has 4 aromatic rings. The molecule has 0 radical (unpaired) electrons. The molecule has 0 saturated carbocycles. The molecule has 0 saturated heterocycles. The fourth-order valence-electron chi connectivity index (χ4n) is 4.70. The van der Waals surface area contributed by atoms with E-state index in [1.165, 1.54) is 23.9 Å². The maximum atomic E-state index is 12.0. The van der Waals surface area contributed by atoms with Crippen LogP contribution >= 0.6 is 11.8 Å². The predicted octanol–water partition coefficient (Wildman–Crippen LogP) is 5.03. The molecule has 39 heavy (non-hydrogen) atoms. The third kappa shape index (κ3) is 4.16. The largest absolute Gasteiger partial charge is 0.378 e.